The number of benzene rings is 2. The maximum atomic E-state index is 13.6. The van der Waals surface area contributed by atoms with Crippen LogP contribution in [-0.4, -0.2) is 29.5 Å². The second-order valence-corrected chi connectivity index (χ2v) is 6.58. The Morgan fingerprint density at radius 2 is 1.97 bits per heavy atom. The van der Waals surface area contributed by atoms with Crippen LogP contribution < -0.4 is 16.1 Å². The molecular weight excluding hydrogens is 377 g/mol. The maximum absolute atomic E-state index is 13.6. The molecule has 0 spiro atoms. The van der Waals surface area contributed by atoms with Crippen molar-refractivity contribution in [1.29, 1.82) is 0 Å². The van der Waals surface area contributed by atoms with E-state index in [1.165, 1.54) is 18.2 Å². The lowest BCUT2D eigenvalue weighted by molar-refractivity contribution is -0.129. The van der Waals surface area contributed by atoms with Gasteiger partial charge in [-0.2, -0.15) is 0 Å². The van der Waals surface area contributed by atoms with Gasteiger partial charge in [0.05, 0.1) is 0 Å². The third kappa shape index (κ3) is 5.05. The maximum Gasteiger partial charge on any atom is 0.256 e. The molecule has 2 aromatic rings. The zero-order valence-electron chi connectivity index (χ0n) is 15.5. The lowest BCUT2D eigenvalue weighted by atomic mass is 10.0. The molecule has 0 aromatic heterocycles. The van der Waals surface area contributed by atoms with Crippen molar-refractivity contribution >= 4 is 35.1 Å². The van der Waals surface area contributed by atoms with Crippen molar-refractivity contribution in [3.8, 4) is 0 Å². The quantitative estimate of drug-likeness (QED) is 0.249. The molecule has 0 radical (unpaired) electrons. The van der Waals surface area contributed by atoms with Crippen molar-refractivity contribution in [2.75, 3.05) is 11.9 Å². The predicted molar refractivity (Wildman–Crippen MR) is 105 cm³/mol. The summed E-state index contributed by atoms with van der Waals surface area (Å²) in [6.45, 7) is 0.387. The number of halogens is 1. The molecular formula is C21H20FN3O4. The first-order valence-electron chi connectivity index (χ1n) is 9.12. The van der Waals surface area contributed by atoms with Crippen LogP contribution in [0.1, 0.15) is 40.7 Å². The fourth-order valence-corrected chi connectivity index (χ4v) is 3.01. The summed E-state index contributed by atoms with van der Waals surface area (Å²) in [6, 6.07) is 10.8. The number of hydrogen-bond acceptors (Lipinski definition) is 4. The SMILES string of the molecule is O=C(CCCCNC(=O)c1cccc(C=C2C(=O)Nc3ccc(F)cc32)c1)NO. The molecule has 0 bridgehead atoms. The molecule has 1 aliphatic heterocycles. The first-order valence-corrected chi connectivity index (χ1v) is 9.12. The van der Waals surface area contributed by atoms with Crippen LogP contribution in [-0.2, 0) is 9.59 Å². The molecule has 3 rings (SSSR count). The van der Waals surface area contributed by atoms with Crippen molar-refractivity contribution in [3.05, 3.63) is 65.0 Å². The van der Waals surface area contributed by atoms with Crippen molar-refractivity contribution in [2.24, 2.45) is 0 Å². The molecule has 0 saturated carbocycles. The summed E-state index contributed by atoms with van der Waals surface area (Å²) in [5.74, 6) is -1.50. The number of amides is 3. The predicted octanol–water partition coefficient (Wildman–Crippen LogP) is 2.72. The standard InChI is InChI=1S/C21H20FN3O4/c22-15-7-8-18-16(12-15)17(21(28)24-18)11-13-4-3-5-14(10-13)20(27)23-9-2-1-6-19(26)25-29/h3-5,7-8,10-12,29H,1-2,6,9H2,(H,23,27)(H,24,28)(H,25,26). The van der Waals surface area contributed by atoms with Gasteiger partial charge < -0.3 is 10.6 Å². The number of nitrogens with one attached hydrogen (secondary N) is 3. The minimum atomic E-state index is -0.463. The van der Waals surface area contributed by atoms with Gasteiger partial charge >= 0.3 is 0 Å². The molecule has 1 aliphatic rings. The normalized spacial score (nSPS) is 13.7. The zero-order chi connectivity index (χ0) is 20.8. The van der Waals surface area contributed by atoms with Crippen molar-refractivity contribution in [3.63, 3.8) is 0 Å². The highest BCUT2D eigenvalue weighted by Crippen LogP contribution is 2.33. The molecule has 0 saturated heterocycles. The second-order valence-electron chi connectivity index (χ2n) is 6.58. The smallest absolute Gasteiger partial charge is 0.256 e. The van der Waals surface area contributed by atoms with Crippen LogP contribution in [0.2, 0.25) is 0 Å². The third-order valence-electron chi connectivity index (χ3n) is 4.47. The number of anilines is 1. The Bertz CT molecular complexity index is 988. The summed E-state index contributed by atoms with van der Waals surface area (Å²) in [4.78, 5) is 35.5. The van der Waals surface area contributed by atoms with Crippen LogP contribution >= 0.6 is 0 Å². The van der Waals surface area contributed by atoms with Crippen LogP contribution in [0.4, 0.5) is 10.1 Å². The summed E-state index contributed by atoms with van der Waals surface area (Å²) in [7, 11) is 0. The van der Waals surface area contributed by atoms with E-state index in [1.54, 1.807) is 35.8 Å². The van der Waals surface area contributed by atoms with E-state index in [1.807, 2.05) is 0 Å². The fraction of sp³-hybridized carbons (Fsp3) is 0.190. The van der Waals surface area contributed by atoms with Crippen LogP contribution in [0, 0.1) is 5.82 Å². The summed E-state index contributed by atoms with van der Waals surface area (Å²) in [5, 5.41) is 13.9. The Labute approximate surface area is 166 Å². The lowest BCUT2D eigenvalue weighted by Gasteiger charge is -2.06. The van der Waals surface area contributed by atoms with E-state index < -0.39 is 11.7 Å². The molecule has 7 nitrogen and oxygen atoms in total. The van der Waals surface area contributed by atoms with Gasteiger partial charge in [0.25, 0.3) is 11.8 Å². The first kappa shape index (κ1) is 20.2. The molecule has 0 fully saturated rings. The number of carbonyl (C=O) groups is 3. The molecule has 0 unspecified atom stereocenters. The Morgan fingerprint density at radius 1 is 1.14 bits per heavy atom. The monoisotopic (exact) mass is 397 g/mol. The van der Waals surface area contributed by atoms with Crippen molar-refractivity contribution < 1.29 is 24.0 Å². The number of carbonyl (C=O) groups excluding carboxylic acids is 3. The summed E-state index contributed by atoms with van der Waals surface area (Å²) >= 11 is 0. The van der Waals surface area contributed by atoms with Gasteiger partial charge in [-0.05, 0) is 54.8 Å². The Kier molecular flexibility index (Phi) is 6.36. The Morgan fingerprint density at radius 3 is 2.76 bits per heavy atom. The highest BCUT2D eigenvalue weighted by Gasteiger charge is 2.24. The summed E-state index contributed by atoms with van der Waals surface area (Å²) in [5.41, 5.74) is 3.98. The highest BCUT2D eigenvalue weighted by molar-refractivity contribution is 6.34. The molecule has 4 N–H and O–H groups in total. The van der Waals surface area contributed by atoms with Gasteiger partial charge in [-0.25, -0.2) is 9.87 Å². The van der Waals surface area contributed by atoms with Gasteiger partial charge in [-0.15, -0.1) is 0 Å². The van der Waals surface area contributed by atoms with E-state index in [-0.39, 0.29) is 18.2 Å². The fourth-order valence-electron chi connectivity index (χ4n) is 3.01. The third-order valence-corrected chi connectivity index (χ3v) is 4.47. The first-order chi connectivity index (χ1) is 14.0. The van der Waals surface area contributed by atoms with Crippen LogP contribution in [0.3, 0.4) is 0 Å². The number of rotatable bonds is 7. The molecule has 2 aromatic carbocycles. The topological polar surface area (TPSA) is 108 Å². The Balaban J connectivity index is 1.66. The van der Waals surface area contributed by atoms with Crippen LogP contribution in [0.15, 0.2) is 42.5 Å². The number of fused-ring (bicyclic) bond motifs is 1. The second kappa shape index (κ2) is 9.11. The molecule has 1 heterocycles. The number of unbranched alkanes of at least 4 members (excludes halogenated alkanes) is 1. The molecule has 8 heteroatoms. The highest BCUT2D eigenvalue weighted by atomic mass is 19.1. The lowest BCUT2D eigenvalue weighted by Crippen LogP contribution is -2.25. The minimum absolute atomic E-state index is 0.180. The number of hydroxylamine groups is 1. The minimum Gasteiger partial charge on any atom is -0.352 e. The van der Waals surface area contributed by atoms with E-state index in [9.17, 15) is 18.8 Å². The van der Waals surface area contributed by atoms with Crippen molar-refractivity contribution in [1.82, 2.24) is 10.8 Å². The molecule has 29 heavy (non-hydrogen) atoms. The molecule has 0 aliphatic carbocycles. The number of hydrogen-bond donors (Lipinski definition) is 4. The van der Waals surface area contributed by atoms with E-state index in [0.717, 1.165) is 0 Å². The average Bonchev–Trinajstić information content (AvgIpc) is 3.02. The van der Waals surface area contributed by atoms with Gasteiger partial charge in [0, 0.05) is 35.4 Å². The van der Waals surface area contributed by atoms with E-state index in [2.05, 4.69) is 10.6 Å². The van der Waals surface area contributed by atoms with E-state index in [0.29, 0.717) is 47.3 Å². The molecule has 3 amide bonds. The average molecular weight is 397 g/mol. The van der Waals surface area contributed by atoms with Gasteiger partial charge in [-0.3, -0.25) is 19.6 Å². The van der Waals surface area contributed by atoms with E-state index in [4.69, 9.17) is 5.21 Å². The summed E-state index contributed by atoms with van der Waals surface area (Å²) < 4.78 is 13.6. The van der Waals surface area contributed by atoms with E-state index >= 15 is 0 Å². The van der Waals surface area contributed by atoms with Crippen LogP contribution in [0.25, 0.3) is 11.6 Å². The van der Waals surface area contributed by atoms with Gasteiger partial charge in [0.2, 0.25) is 5.91 Å². The van der Waals surface area contributed by atoms with Gasteiger partial charge in [0.1, 0.15) is 5.82 Å². The summed E-state index contributed by atoms with van der Waals surface area (Å²) in [6.07, 6.45) is 2.92. The molecule has 0 atom stereocenters. The largest absolute Gasteiger partial charge is 0.352 e. The molecule has 150 valence electrons. The van der Waals surface area contributed by atoms with Crippen LogP contribution in [0.5, 0.6) is 0 Å². The Hall–Kier alpha value is -3.52. The van der Waals surface area contributed by atoms with Crippen molar-refractivity contribution in [2.45, 2.75) is 19.3 Å². The zero-order valence-corrected chi connectivity index (χ0v) is 15.5. The van der Waals surface area contributed by atoms with Gasteiger partial charge in [0.15, 0.2) is 0 Å². The van der Waals surface area contributed by atoms with Gasteiger partial charge in [-0.1, -0.05) is 12.1 Å².